The Morgan fingerprint density at radius 2 is 1.92 bits per heavy atom. The third kappa shape index (κ3) is 4.79. The zero-order valence-corrected chi connectivity index (χ0v) is 14.2. The zero-order valence-electron chi connectivity index (χ0n) is 14.2. The average molecular weight is 344 g/mol. The van der Waals surface area contributed by atoms with Gasteiger partial charge in [0.1, 0.15) is 0 Å². The first-order chi connectivity index (χ1) is 12.0. The predicted octanol–water partition coefficient (Wildman–Crippen LogP) is 0.715. The van der Waals surface area contributed by atoms with E-state index in [2.05, 4.69) is 10.6 Å². The summed E-state index contributed by atoms with van der Waals surface area (Å²) < 4.78 is 0. The minimum Gasteiger partial charge on any atom is -0.369 e. The fourth-order valence-corrected chi connectivity index (χ4v) is 3.11. The van der Waals surface area contributed by atoms with Gasteiger partial charge in [-0.3, -0.25) is 19.3 Å². The Morgan fingerprint density at radius 1 is 1.16 bits per heavy atom. The van der Waals surface area contributed by atoms with Crippen LogP contribution in [-0.4, -0.2) is 48.3 Å². The Bertz CT molecular complexity index is 672. The molecule has 0 aromatic heterocycles. The number of primary amides is 1. The Labute approximate surface area is 146 Å². The molecule has 1 aromatic carbocycles. The number of para-hydroxylation sites is 1. The van der Waals surface area contributed by atoms with E-state index in [9.17, 15) is 14.4 Å². The van der Waals surface area contributed by atoms with Gasteiger partial charge in [-0.05, 0) is 44.4 Å². The van der Waals surface area contributed by atoms with Crippen molar-refractivity contribution in [3.05, 3.63) is 29.8 Å². The summed E-state index contributed by atoms with van der Waals surface area (Å²) >= 11 is 0. The van der Waals surface area contributed by atoms with Crippen molar-refractivity contribution in [2.75, 3.05) is 25.0 Å². The number of benzene rings is 1. The highest BCUT2D eigenvalue weighted by molar-refractivity contribution is 6.04. The number of likely N-dealkylation sites (tertiary alicyclic amines) is 1. The molecule has 0 bridgehead atoms. The summed E-state index contributed by atoms with van der Waals surface area (Å²) in [5.74, 6) is -0.868. The van der Waals surface area contributed by atoms with Crippen LogP contribution in [0.3, 0.4) is 0 Å². The molecule has 2 aliphatic rings. The lowest BCUT2D eigenvalue weighted by molar-refractivity contribution is -0.125. The van der Waals surface area contributed by atoms with Gasteiger partial charge in [-0.2, -0.15) is 0 Å². The highest BCUT2D eigenvalue weighted by Crippen LogP contribution is 2.22. The number of nitrogens with one attached hydrogen (secondary N) is 2. The third-order valence-corrected chi connectivity index (χ3v) is 4.63. The van der Waals surface area contributed by atoms with Crippen LogP contribution >= 0.6 is 0 Å². The van der Waals surface area contributed by atoms with Crippen molar-refractivity contribution in [3.8, 4) is 0 Å². The van der Waals surface area contributed by atoms with Crippen LogP contribution in [0.4, 0.5) is 5.69 Å². The molecular weight excluding hydrogens is 320 g/mol. The van der Waals surface area contributed by atoms with E-state index in [0.29, 0.717) is 17.8 Å². The molecule has 134 valence electrons. The number of hydrogen-bond acceptors (Lipinski definition) is 4. The van der Waals surface area contributed by atoms with Crippen LogP contribution in [0.2, 0.25) is 0 Å². The number of piperidine rings is 1. The van der Waals surface area contributed by atoms with E-state index < -0.39 is 0 Å². The Morgan fingerprint density at radius 3 is 2.64 bits per heavy atom. The summed E-state index contributed by atoms with van der Waals surface area (Å²) in [6.07, 6.45) is 3.64. The van der Waals surface area contributed by atoms with Crippen LogP contribution in [0, 0.1) is 5.92 Å². The molecule has 7 nitrogen and oxygen atoms in total. The summed E-state index contributed by atoms with van der Waals surface area (Å²) in [7, 11) is 0. The molecule has 1 atom stereocenters. The first-order valence-electron chi connectivity index (χ1n) is 8.74. The molecule has 3 rings (SSSR count). The largest absolute Gasteiger partial charge is 0.369 e. The van der Waals surface area contributed by atoms with E-state index in [0.717, 1.165) is 32.2 Å². The summed E-state index contributed by atoms with van der Waals surface area (Å²) in [4.78, 5) is 37.9. The van der Waals surface area contributed by atoms with Gasteiger partial charge < -0.3 is 16.4 Å². The zero-order chi connectivity index (χ0) is 17.8. The molecule has 1 saturated carbocycles. The number of amides is 3. The van der Waals surface area contributed by atoms with E-state index >= 15 is 0 Å². The van der Waals surface area contributed by atoms with Gasteiger partial charge in [0.25, 0.3) is 5.91 Å². The number of hydrogen-bond donors (Lipinski definition) is 3. The van der Waals surface area contributed by atoms with Gasteiger partial charge in [-0.1, -0.05) is 12.1 Å². The van der Waals surface area contributed by atoms with Crippen LogP contribution in [-0.2, 0) is 9.59 Å². The highest BCUT2D eigenvalue weighted by atomic mass is 16.2. The number of nitrogens with zero attached hydrogens (tertiary/aromatic N) is 1. The average Bonchev–Trinajstić information content (AvgIpc) is 3.39. The van der Waals surface area contributed by atoms with Crippen LogP contribution in [0.15, 0.2) is 24.3 Å². The van der Waals surface area contributed by atoms with Gasteiger partial charge in [0.2, 0.25) is 11.8 Å². The second kappa shape index (κ2) is 7.65. The maximum atomic E-state index is 12.4. The number of carbonyl (C=O) groups is 3. The van der Waals surface area contributed by atoms with E-state index in [4.69, 9.17) is 5.73 Å². The Balaban J connectivity index is 1.59. The molecule has 1 saturated heterocycles. The monoisotopic (exact) mass is 344 g/mol. The standard InChI is InChI=1S/C18H24N4O3/c19-17(24)12-4-3-9-22(10-12)11-16(23)21-15-6-2-1-5-14(15)18(25)20-13-7-8-13/h1-2,5-6,12-13H,3-4,7-11H2,(H2,19,24)(H,20,25)(H,21,23)/t12-/m1/s1. The van der Waals surface area contributed by atoms with Crippen LogP contribution < -0.4 is 16.4 Å². The molecule has 3 amide bonds. The highest BCUT2D eigenvalue weighted by Gasteiger charge is 2.26. The smallest absolute Gasteiger partial charge is 0.253 e. The summed E-state index contributed by atoms with van der Waals surface area (Å²) in [6, 6.07) is 7.25. The van der Waals surface area contributed by atoms with Crippen molar-refractivity contribution < 1.29 is 14.4 Å². The molecule has 0 radical (unpaired) electrons. The van der Waals surface area contributed by atoms with Crippen molar-refractivity contribution in [2.24, 2.45) is 11.7 Å². The first kappa shape index (κ1) is 17.4. The first-order valence-corrected chi connectivity index (χ1v) is 8.74. The number of nitrogens with two attached hydrogens (primary N) is 1. The Hall–Kier alpha value is -2.41. The van der Waals surface area contributed by atoms with Crippen LogP contribution in [0.5, 0.6) is 0 Å². The van der Waals surface area contributed by atoms with Crippen LogP contribution in [0.25, 0.3) is 0 Å². The summed E-state index contributed by atoms with van der Waals surface area (Å²) in [6.45, 7) is 1.45. The summed E-state index contributed by atoms with van der Waals surface area (Å²) in [5, 5.41) is 5.75. The number of anilines is 1. The third-order valence-electron chi connectivity index (χ3n) is 4.63. The molecule has 1 aliphatic carbocycles. The molecule has 4 N–H and O–H groups in total. The van der Waals surface area contributed by atoms with Crippen molar-refractivity contribution >= 4 is 23.4 Å². The lowest BCUT2D eigenvalue weighted by Gasteiger charge is -2.30. The second-order valence-electron chi connectivity index (χ2n) is 6.82. The van der Waals surface area contributed by atoms with Gasteiger partial charge in [0.15, 0.2) is 0 Å². The van der Waals surface area contributed by atoms with Gasteiger partial charge in [0.05, 0.1) is 23.7 Å². The topological polar surface area (TPSA) is 105 Å². The van der Waals surface area contributed by atoms with Gasteiger partial charge in [-0.15, -0.1) is 0 Å². The molecule has 2 fully saturated rings. The minimum absolute atomic E-state index is 0.162. The molecule has 0 unspecified atom stereocenters. The lowest BCUT2D eigenvalue weighted by atomic mass is 9.97. The Kier molecular flexibility index (Phi) is 5.33. The van der Waals surface area contributed by atoms with Crippen molar-refractivity contribution in [1.29, 1.82) is 0 Å². The quantitative estimate of drug-likeness (QED) is 0.707. The van der Waals surface area contributed by atoms with E-state index in [1.165, 1.54) is 0 Å². The SMILES string of the molecule is NC(=O)[C@@H]1CCCN(CC(=O)Nc2ccccc2C(=O)NC2CC2)C1. The van der Waals surface area contributed by atoms with E-state index in [1.807, 2.05) is 4.90 Å². The second-order valence-corrected chi connectivity index (χ2v) is 6.82. The molecule has 25 heavy (non-hydrogen) atoms. The number of carbonyl (C=O) groups excluding carboxylic acids is 3. The normalized spacial score (nSPS) is 20.7. The molecule has 7 heteroatoms. The number of rotatable bonds is 6. The fraction of sp³-hybridized carbons (Fsp3) is 0.500. The van der Waals surface area contributed by atoms with E-state index in [1.54, 1.807) is 24.3 Å². The minimum atomic E-state index is -0.313. The van der Waals surface area contributed by atoms with E-state index in [-0.39, 0.29) is 36.2 Å². The molecular formula is C18H24N4O3. The lowest BCUT2D eigenvalue weighted by Crippen LogP contribution is -2.44. The van der Waals surface area contributed by atoms with Crippen LogP contribution in [0.1, 0.15) is 36.0 Å². The maximum absolute atomic E-state index is 12.4. The van der Waals surface area contributed by atoms with Crippen molar-refractivity contribution in [1.82, 2.24) is 10.2 Å². The summed E-state index contributed by atoms with van der Waals surface area (Å²) in [5.41, 5.74) is 6.35. The fourth-order valence-electron chi connectivity index (χ4n) is 3.11. The van der Waals surface area contributed by atoms with Crippen molar-refractivity contribution in [2.45, 2.75) is 31.7 Å². The van der Waals surface area contributed by atoms with Gasteiger partial charge >= 0.3 is 0 Å². The molecule has 0 spiro atoms. The molecule has 1 aromatic rings. The molecule has 1 heterocycles. The van der Waals surface area contributed by atoms with Gasteiger partial charge in [-0.25, -0.2) is 0 Å². The maximum Gasteiger partial charge on any atom is 0.253 e. The van der Waals surface area contributed by atoms with Gasteiger partial charge in [0, 0.05) is 12.6 Å². The van der Waals surface area contributed by atoms with Crippen molar-refractivity contribution in [3.63, 3.8) is 0 Å². The molecule has 1 aliphatic heterocycles. The predicted molar refractivity (Wildman–Crippen MR) is 93.9 cm³/mol.